The van der Waals surface area contributed by atoms with Crippen LogP contribution in [0.5, 0.6) is 11.5 Å². The van der Waals surface area contributed by atoms with Crippen LogP contribution in [0.4, 0.5) is 5.69 Å². The zero-order chi connectivity index (χ0) is 19.1. The highest BCUT2D eigenvalue weighted by atomic mass is 16.5. The molecule has 0 fully saturated rings. The van der Waals surface area contributed by atoms with Gasteiger partial charge >= 0.3 is 0 Å². The molecule has 7 nitrogen and oxygen atoms in total. The van der Waals surface area contributed by atoms with Crippen molar-refractivity contribution < 1.29 is 18.8 Å². The number of amides is 1. The number of aryl methyl sites for hydroxylation is 1. The molecule has 3 rings (SSSR count). The second-order valence-corrected chi connectivity index (χ2v) is 5.87. The SMILES string of the molecule is COc1ccc(NC(=O)CCCc2nc(-c3ccc(OC)cc3)no2)cc1. The number of nitrogens with zero attached hydrogens (tertiary/aromatic N) is 2. The van der Waals surface area contributed by atoms with Gasteiger partial charge in [-0.2, -0.15) is 4.98 Å². The first-order chi connectivity index (χ1) is 13.2. The van der Waals surface area contributed by atoms with Crippen molar-refractivity contribution in [1.29, 1.82) is 0 Å². The first-order valence-corrected chi connectivity index (χ1v) is 8.59. The lowest BCUT2D eigenvalue weighted by Crippen LogP contribution is -2.11. The molecule has 7 heteroatoms. The Hall–Kier alpha value is -3.35. The van der Waals surface area contributed by atoms with Gasteiger partial charge in [0.1, 0.15) is 11.5 Å². The molecule has 1 heterocycles. The molecule has 1 N–H and O–H groups in total. The van der Waals surface area contributed by atoms with Crippen molar-refractivity contribution in [2.75, 3.05) is 19.5 Å². The number of carbonyl (C=O) groups excluding carboxylic acids is 1. The molecule has 1 amide bonds. The van der Waals surface area contributed by atoms with Crippen molar-refractivity contribution in [2.45, 2.75) is 19.3 Å². The summed E-state index contributed by atoms with van der Waals surface area (Å²) in [5.41, 5.74) is 1.59. The molecule has 0 aliphatic heterocycles. The van der Waals surface area contributed by atoms with E-state index in [4.69, 9.17) is 14.0 Å². The maximum absolute atomic E-state index is 12.0. The number of rotatable bonds is 8. The largest absolute Gasteiger partial charge is 0.497 e. The van der Waals surface area contributed by atoms with Crippen LogP contribution in [0.25, 0.3) is 11.4 Å². The summed E-state index contributed by atoms with van der Waals surface area (Å²) in [6.07, 6.45) is 1.53. The Kier molecular flexibility index (Phi) is 6.04. The number of aromatic nitrogens is 2. The maximum Gasteiger partial charge on any atom is 0.226 e. The lowest BCUT2D eigenvalue weighted by atomic mass is 10.2. The van der Waals surface area contributed by atoms with E-state index < -0.39 is 0 Å². The van der Waals surface area contributed by atoms with Crippen molar-refractivity contribution in [3.05, 3.63) is 54.4 Å². The monoisotopic (exact) mass is 367 g/mol. The fourth-order valence-corrected chi connectivity index (χ4v) is 2.51. The number of nitrogens with one attached hydrogen (secondary N) is 1. The normalized spacial score (nSPS) is 10.4. The summed E-state index contributed by atoms with van der Waals surface area (Å²) in [5.74, 6) is 2.49. The predicted molar refractivity (Wildman–Crippen MR) is 101 cm³/mol. The summed E-state index contributed by atoms with van der Waals surface area (Å²) in [4.78, 5) is 16.4. The van der Waals surface area contributed by atoms with Crippen LogP contribution in [-0.2, 0) is 11.2 Å². The van der Waals surface area contributed by atoms with Gasteiger partial charge in [0.15, 0.2) is 0 Å². The van der Waals surface area contributed by atoms with Gasteiger partial charge in [-0.15, -0.1) is 0 Å². The zero-order valence-corrected chi connectivity index (χ0v) is 15.3. The van der Waals surface area contributed by atoms with Gasteiger partial charge in [0, 0.05) is 24.1 Å². The van der Waals surface area contributed by atoms with Crippen molar-refractivity contribution >= 4 is 11.6 Å². The van der Waals surface area contributed by atoms with Crippen LogP contribution in [0.15, 0.2) is 53.1 Å². The minimum Gasteiger partial charge on any atom is -0.497 e. The average molecular weight is 367 g/mol. The van der Waals surface area contributed by atoms with Gasteiger partial charge in [-0.1, -0.05) is 5.16 Å². The number of hydrogen-bond acceptors (Lipinski definition) is 6. The molecule has 3 aromatic rings. The molecule has 0 saturated carbocycles. The van der Waals surface area contributed by atoms with Crippen molar-refractivity contribution in [3.8, 4) is 22.9 Å². The van der Waals surface area contributed by atoms with Gasteiger partial charge < -0.3 is 19.3 Å². The second-order valence-electron chi connectivity index (χ2n) is 5.87. The third-order valence-corrected chi connectivity index (χ3v) is 3.98. The Bertz CT molecular complexity index is 873. The van der Waals surface area contributed by atoms with Crippen molar-refractivity contribution in [1.82, 2.24) is 10.1 Å². The minimum atomic E-state index is -0.0601. The number of hydrogen-bond donors (Lipinski definition) is 1. The van der Waals surface area contributed by atoms with E-state index >= 15 is 0 Å². The number of ether oxygens (including phenoxy) is 2. The van der Waals surface area contributed by atoms with E-state index in [0.29, 0.717) is 31.0 Å². The number of anilines is 1. The van der Waals surface area contributed by atoms with E-state index in [9.17, 15) is 4.79 Å². The smallest absolute Gasteiger partial charge is 0.226 e. The molecule has 0 radical (unpaired) electrons. The first kappa shape index (κ1) is 18.4. The van der Waals surface area contributed by atoms with Crippen molar-refractivity contribution in [3.63, 3.8) is 0 Å². The summed E-state index contributed by atoms with van der Waals surface area (Å²) in [6.45, 7) is 0. The third kappa shape index (κ3) is 5.07. The molecule has 0 unspecified atom stereocenters. The average Bonchev–Trinajstić information content (AvgIpc) is 3.17. The highest BCUT2D eigenvalue weighted by molar-refractivity contribution is 5.90. The highest BCUT2D eigenvalue weighted by Gasteiger charge is 2.10. The number of benzene rings is 2. The fourth-order valence-electron chi connectivity index (χ4n) is 2.51. The number of carbonyl (C=O) groups is 1. The van der Waals surface area contributed by atoms with Crippen molar-refractivity contribution in [2.24, 2.45) is 0 Å². The zero-order valence-electron chi connectivity index (χ0n) is 15.3. The Labute approximate surface area is 157 Å². The Balaban J connectivity index is 1.47. The molecule has 0 saturated heterocycles. The summed E-state index contributed by atoms with van der Waals surface area (Å²) in [5, 5.41) is 6.83. The first-order valence-electron chi connectivity index (χ1n) is 8.59. The van der Waals surface area contributed by atoms with E-state index in [1.165, 1.54) is 0 Å². The Morgan fingerprint density at radius 1 is 1.00 bits per heavy atom. The topological polar surface area (TPSA) is 86.5 Å². The predicted octanol–water partition coefficient (Wildman–Crippen LogP) is 3.72. The number of methoxy groups -OCH3 is 2. The van der Waals surface area contributed by atoms with Gasteiger partial charge in [0.2, 0.25) is 17.6 Å². The minimum absolute atomic E-state index is 0.0601. The molecule has 27 heavy (non-hydrogen) atoms. The van der Waals surface area contributed by atoms with Crippen LogP contribution < -0.4 is 14.8 Å². The van der Waals surface area contributed by atoms with Gasteiger partial charge in [0.05, 0.1) is 14.2 Å². The molecule has 0 aliphatic carbocycles. The molecule has 0 bridgehead atoms. The van der Waals surface area contributed by atoms with Crippen LogP contribution in [0.3, 0.4) is 0 Å². The lowest BCUT2D eigenvalue weighted by Gasteiger charge is -2.05. The van der Waals surface area contributed by atoms with E-state index in [1.807, 2.05) is 24.3 Å². The summed E-state index contributed by atoms with van der Waals surface area (Å²) < 4.78 is 15.5. The Morgan fingerprint density at radius 3 is 2.26 bits per heavy atom. The van der Waals surface area contributed by atoms with Crippen LogP contribution in [0, 0.1) is 0 Å². The third-order valence-electron chi connectivity index (χ3n) is 3.98. The molecule has 0 spiro atoms. The van der Waals surface area contributed by atoms with Gasteiger partial charge in [-0.3, -0.25) is 4.79 Å². The fraction of sp³-hybridized carbons (Fsp3) is 0.250. The molecule has 140 valence electrons. The summed E-state index contributed by atoms with van der Waals surface area (Å²) in [7, 11) is 3.22. The molecular weight excluding hydrogens is 346 g/mol. The second kappa shape index (κ2) is 8.84. The maximum atomic E-state index is 12.0. The quantitative estimate of drug-likeness (QED) is 0.653. The summed E-state index contributed by atoms with van der Waals surface area (Å²) in [6, 6.07) is 14.6. The molecule has 1 aromatic heterocycles. The van der Waals surface area contributed by atoms with Gasteiger partial charge in [-0.25, -0.2) is 0 Å². The van der Waals surface area contributed by atoms with E-state index in [1.54, 1.807) is 38.5 Å². The molecule has 0 aliphatic rings. The standard InChI is InChI=1S/C20H21N3O4/c1-25-16-10-6-14(7-11-16)20-22-19(27-23-20)5-3-4-18(24)21-15-8-12-17(26-2)13-9-15/h6-13H,3-5H2,1-2H3,(H,21,24). The van der Waals surface area contributed by atoms with Crippen LogP contribution in [-0.4, -0.2) is 30.3 Å². The molecular formula is C20H21N3O4. The van der Waals surface area contributed by atoms with Gasteiger partial charge in [0.25, 0.3) is 0 Å². The van der Waals surface area contributed by atoms with E-state index in [-0.39, 0.29) is 5.91 Å². The van der Waals surface area contributed by atoms with E-state index in [0.717, 1.165) is 22.7 Å². The van der Waals surface area contributed by atoms with E-state index in [2.05, 4.69) is 15.5 Å². The summed E-state index contributed by atoms with van der Waals surface area (Å²) >= 11 is 0. The highest BCUT2D eigenvalue weighted by Crippen LogP contribution is 2.20. The van der Waals surface area contributed by atoms with Crippen LogP contribution >= 0.6 is 0 Å². The molecule has 0 atom stereocenters. The van der Waals surface area contributed by atoms with Crippen LogP contribution in [0.1, 0.15) is 18.7 Å². The van der Waals surface area contributed by atoms with Gasteiger partial charge in [-0.05, 0) is 55.0 Å². The van der Waals surface area contributed by atoms with Crippen LogP contribution in [0.2, 0.25) is 0 Å². The lowest BCUT2D eigenvalue weighted by molar-refractivity contribution is -0.116. The molecule has 2 aromatic carbocycles. The Morgan fingerprint density at radius 2 is 1.63 bits per heavy atom.